The molecular formula is C19H28N2O3. The third-order valence-corrected chi connectivity index (χ3v) is 6.20. The molecule has 1 amide bonds. The molecule has 1 aromatic rings. The first-order valence-electron chi connectivity index (χ1n) is 9.21. The van der Waals surface area contributed by atoms with E-state index in [1.165, 1.54) is 18.4 Å². The van der Waals surface area contributed by atoms with Crippen molar-refractivity contribution in [2.75, 3.05) is 39.9 Å². The highest BCUT2D eigenvalue weighted by Crippen LogP contribution is 2.46. The smallest absolute Gasteiger partial charge is 0.228 e. The van der Waals surface area contributed by atoms with Crippen LogP contribution >= 0.6 is 0 Å². The van der Waals surface area contributed by atoms with Crippen LogP contribution in [0.4, 0.5) is 0 Å². The SMILES string of the molecule is COC[C@@H]1C(=O)N(CC2CC2)CC12CCN(Cc1ccoc1)CC2. The number of nitrogens with zero attached hydrogens (tertiary/aromatic N) is 2. The molecule has 1 aromatic heterocycles. The summed E-state index contributed by atoms with van der Waals surface area (Å²) in [5.74, 6) is 1.15. The predicted molar refractivity (Wildman–Crippen MR) is 90.3 cm³/mol. The number of furan rings is 1. The van der Waals surface area contributed by atoms with Crippen LogP contribution in [0.1, 0.15) is 31.2 Å². The molecule has 1 saturated carbocycles. The zero-order chi connectivity index (χ0) is 16.6. The summed E-state index contributed by atoms with van der Waals surface area (Å²) in [6, 6.07) is 2.04. The van der Waals surface area contributed by atoms with Gasteiger partial charge in [-0.25, -0.2) is 0 Å². The summed E-state index contributed by atoms with van der Waals surface area (Å²) >= 11 is 0. The maximum absolute atomic E-state index is 12.9. The first-order chi connectivity index (χ1) is 11.7. The number of hydrogen-bond acceptors (Lipinski definition) is 4. The second-order valence-electron chi connectivity index (χ2n) is 7.94. The van der Waals surface area contributed by atoms with Crippen molar-refractivity contribution in [1.29, 1.82) is 0 Å². The lowest BCUT2D eigenvalue weighted by atomic mass is 9.71. The second-order valence-corrected chi connectivity index (χ2v) is 7.94. The quantitative estimate of drug-likeness (QED) is 0.802. The summed E-state index contributed by atoms with van der Waals surface area (Å²) in [4.78, 5) is 17.5. The summed E-state index contributed by atoms with van der Waals surface area (Å²) in [5.41, 5.74) is 1.35. The molecule has 24 heavy (non-hydrogen) atoms. The van der Waals surface area contributed by atoms with Crippen LogP contribution in [0.3, 0.4) is 0 Å². The normalized spacial score (nSPS) is 27.3. The minimum absolute atomic E-state index is 0.0531. The van der Waals surface area contributed by atoms with Crippen LogP contribution in [-0.2, 0) is 16.1 Å². The zero-order valence-electron chi connectivity index (χ0n) is 14.6. The number of methoxy groups -OCH3 is 1. The molecule has 5 nitrogen and oxygen atoms in total. The molecule has 0 aromatic carbocycles. The highest BCUT2D eigenvalue weighted by molar-refractivity contribution is 5.82. The standard InChI is InChI=1S/C19H28N2O3/c1-23-13-17-18(22)21(11-15-2-3-15)14-19(17)5-7-20(8-6-19)10-16-4-9-24-12-16/h4,9,12,15,17H,2-3,5-8,10-11,13-14H2,1H3/t17-/m1/s1. The van der Waals surface area contributed by atoms with Gasteiger partial charge in [0.1, 0.15) is 0 Å². The van der Waals surface area contributed by atoms with Gasteiger partial charge in [0.05, 0.1) is 25.1 Å². The van der Waals surface area contributed by atoms with Crippen molar-refractivity contribution in [3.05, 3.63) is 24.2 Å². The Morgan fingerprint density at radius 2 is 2.12 bits per heavy atom. The van der Waals surface area contributed by atoms with Crippen LogP contribution in [0.2, 0.25) is 0 Å². The fourth-order valence-electron chi connectivity index (χ4n) is 4.54. The first-order valence-corrected chi connectivity index (χ1v) is 9.21. The van der Waals surface area contributed by atoms with Gasteiger partial charge in [0.25, 0.3) is 0 Å². The Balaban J connectivity index is 1.41. The van der Waals surface area contributed by atoms with E-state index < -0.39 is 0 Å². The maximum Gasteiger partial charge on any atom is 0.228 e. The van der Waals surface area contributed by atoms with E-state index in [-0.39, 0.29) is 11.3 Å². The first kappa shape index (κ1) is 16.2. The van der Waals surface area contributed by atoms with E-state index in [2.05, 4.69) is 9.80 Å². The van der Waals surface area contributed by atoms with Crippen LogP contribution in [0.5, 0.6) is 0 Å². The van der Waals surface area contributed by atoms with Crippen molar-refractivity contribution in [2.24, 2.45) is 17.3 Å². The average molecular weight is 332 g/mol. The molecule has 3 fully saturated rings. The van der Waals surface area contributed by atoms with E-state index in [9.17, 15) is 4.79 Å². The van der Waals surface area contributed by atoms with Crippen LogP contribution in [-0.4, -0.2) is 55.6 Å². The molecule has 3 aliphatic rings. The van der Waals surface area contributed by atoms with Gasteiger partial charge in [-0.15, -0.1) is 0 Å². The van der Waals surface area contributed by atoms with E-state index in [1.54, 1.807) is 13.4 Å². The Morgan fingerprint density at radius 3 is 2.75 bits per heavy atom. The van der Waals surface area contributed by atoms with Crippen molar-refractivity contribution in [1.82, 2.24) is 9.80 Å². The Bertz CT molecular complexity index is 559. The number of rotatable bonds is 6. The number of amides is 1. The maximum atomic E-state index is 12.9. The fourth-order valence-corrected chi connectivity index (χ4v) is 4.54. The topological polar surface area (TPSA) is 45.9 Å². The highest BCUT2D eigenvalue weighted by Gasteiger charge is 2.53. The summed E-state index contributed by atoms with van der Waals surface area (Å²) < 4.78 is 10.6. The Morgan fingerprint density at radius 1 is 1.33 bits per heavy atom. The predicted octanol–water partition coefficient (Wildman–Crippen LogP) is 2.38. The van der Waals surface area contributed by atoms with Crippen molar-refractivity contribution in [3.8, 4) is 0 Å². The molecule has 132 valence electrons. The highest BCUT2D eigenvalue weighted by atomic mass is 16.5. The number of carbonyl (C=O) groups excluding carboxylic acids is 1. The van der Waals surface area contributed by atoms with Gasteiger partial charge in [0, 0.05) is 37.7 Å². The molecule has 1 spiro atoms. The number of hydrogen-bond donors (Lipinski definition) is 0. The molecule has 0 N–H and O–H groups in total. The molecule has 5 heteroatoms. The third-order valence-electron chi connectivity index (χ3n) is 6.20. The Hall–Kier alpha value is -1.33. The Kier molecular flexibility index (Phi) is 4.39. The van der Waals surface area contributed by atoms with Gasteiger partial charge >= 0.3 is 0 Å². The third kappa shape index (κ3) is 3.11. The largest absolute Gasteiger partial charge is 0.472 e. The van der Waals surface area contributed by atoms with Crippen molar-refractivity contribution >= 4 is 5.91 Å². The summed E-state index contributed by atoms with van der Waals surface area (Å²) in [6.45, 7) is 5.53. The average Bonchev–Trinajstić information content (AvgIpc) is 3.19. The molecule has 4 rings (SSSR count). The minimum atomic E-state index is 0.0531. The lowest BCUT2D eigenvalue weighted by Gasteiger charge is -2.41. The van der Waals surface area contributed by atoms with Crippen LogP contribution in [0.15, 0.2) is 23.0 Å². The summed E-state index contributed by atoms with van der Waals surface area (Å²) in [6.07, 6.45) is 8.33. The molecule has 2 saturated heterocycles. The fraction of sp³-hybridized carbons (Fsp3) is 0.737. The van der Waals surface area contributed by atoms with E-state index in [0.29, 0.717) is 12.5 Å². The molecular weight excluding hydrogens is 304 g/mol. The lowest BCUT2D eigenvalue weighted by molar-refractivity contribution is -0.133. The van der Waals surface area contributed by atoms with E-state index in [1.807, 2.05) is 12.3 Å². The number of likely N-dealkylation sites (tertiary alicyclic amines) is 2. The monoisotopic (exact) mass is 332 g/mol. The van der Waals surface area contributed by atoms with Gasteiger partial charge in [0.2, 0.25) is 5.91 Å². The second kappa shape index (κ2) is 6.52. The van der Waals surface area contributed by atoms with Gasteiger partial charge < -0.3 is 14.1 Å². The molecule has 0 bridgehead atoms. The lowest BCUT2D eigenvalue weighted by Crippen LogP contribution is -2.45. The molecule has 1 atom stereocenters. The molecule has 0 radical (unpaired) electrons. The van der Waals surface area contributed by atoms with Crippen molar-refractivity contribution in [2.45, 2.75) is 32.2 Å². The van der Waals surface area contributed by atoms with Gasteiger partial charge in [-0.3, -0.25) is 9.69 Å². The summed E-state index contributed by atoms with van der Waals surface area (Å²) in [7, 11) is 1.72. The molecule has 3 heterocycles. The van der Waals surface area contributed by atoms with Crippen LogP contribution in [0, 0.1) is 17.3 Å². The number of piperidine rings is 1. The van der Waals surface area contributed by atoms with Crippen molar-refractivity contribution < 1.29 is 13.9 Å². The molecule has 1 aliphatic carbocycles. The van der Waals surface area contributed by atoms with Crippen LogP contribution < -0.4 is 0 Å². The van der Waals surface area contributed by atoms with E-state index >= 15 is 0 Å². The number of ether oxygens (including phenoxy) is 1. The van der Waals surface area contributed by atoms with Crippen molar-refractivity contribution in [3.63, 3.8) is 0 Å². The minimum Gasteiger partial charge on any atom is -0.472 e. The molecule has 0 unspecified atom stereocenters. The van der Waals surface area contributed by atoms with Gasteiger partial charge in [-0.1, -0.05) is 0 Å². The number of carbonyl (C=O) groups is 1. The molecule has 2 aliphatic heterocycles. The van der Waals surface area contributed by atoms with E-state index in [0.717, 1.165) is 51.5 Å². The zero-order valence-corrected chi connectivity index (χ0v) is 14.6. The van der Waals surface area contributed by atoms with Gasteiger partial charge in [0.15, 0.2) is 0 Å². The van der Waals surface area contributed by atoms with E-state index in [4.69, 9.17) is 9.15 Å². The Labute approximate surface area is 143 Å². The summed E-state index contributed by atoms with van der Waals surface area (Å²) in [5, 5.41) is 0. The van der Waals surface area contributed by atoms with Gasteiger partial charge in [-0.2, -0.15) is 0 Å². The van der Waals surface area contributed by atoms with Gasteiger partial charge in [-0.05, 0) is 50.8 Å². The van der Waals surface area contributed by atoms with Crippen LogP contribution in [0.25, 0.3) is 0 Å².